The first-order valence-electron chi connectivity index (χ1n) is 7.42. The lowest BCUT2D eigenvalue weighted by molar-refractivity contribution is -0.130. The minimum absolute atomic E-state index is 0.138. The largest absolute Gasteiger partial charge is 0.343 e. The van der Waals surface area contributed by atoms with Crippen molar-refractivity contribution in [3.63, 3.8) is 0 Å². The lowest BCUT2D eigenvalue weighted by Crippen LogP contribution is -2.43. The Morgan fingerprint density at radius 2 is 1.89 bits per heavy atom. The maximum atomic E-state index is 12.0. The van der Waals surface area contributed by atoms with Crippen molar-refractivity contribution in [1.82, 2.24) is 10.2 Å². The number of carbonyl (C=O) groups excluding carboxylic acids is 1. The molecular formula is C14H29N3O. The summed E-state index contributed by atoms with van der Waals surface area (Å²) >= 11 is 0. The zero-order valence-corrected chi connectivity index (χ0v) is 12.0. The lowest BCUT2D eigenvalue weighted by atomic mass is 10.0. The molecule has 106 valence electrons. The number of likely N-dealkylation sites (tertiary alicyclic amines) is 1. The van der Waals surface area contributed by atoms with E-state index in [1.165, 1.54) is 12.8 Å². The Hall–Kier alpha value is -0.610. The molecule has 1 unspecified atom stereocenters. The molecule has 1 amide bonds. The quantitative estimate of drug-likeness (QED) is 0.688. The second-order valence-corrected chi connectivity index (χ2v) is 5.32. The van der Waals surface area contributed by atoms with Crippen LogP contribution in [0.1, 0.15) is 46.0 Å². The van der Waals surface area contributed by atoms with E-state index in [9.17, 15) is 4.79 Å². The highest BCUT2D eigenvalue weighted by Crippen LogP contribution is 2.10. The third kappa shape index (κ3) is 4.94. The smallest absolute Gasteiger partial charge is 0.224 e. The zero-order valence-electron chi connectivity index (χ0n) is 12.0. The number of carbonyl (C=O) groups is 1. The predicted molar refractivity (Wildman–Crippen MR) is 75.3 cm³/mol. The molecule has 0 aliphatic carbocycles. The minimum atomic E-state index is 0.138. The second-order valence-electron chi connectivity index (χ2n) is 5.32. The lowest BCUT2D eigenvalue weighted by Gasteiger charge is -2.23. The van der Waals surface area contributed by atoms with Crippen molar-refractivity contribution in [2.45, 2.75) is 52.0 Å². The Kier molecular flexibility index (Phi) is 7.28. The van der Waals surface area contributed by atoms with E-state index in [1.54, 1.807) is 0 Å². The highest BCUT2D eigenvalue weighted by Gasteiger charge is 2.21. The molecule has 18 heavy (non-hydrogen) atoms. The van der Waals surface area contributed by atoms with Crippen molar-refractivity contribution >= 4 is 5.91 Å². The molecule has 0 saturated carbocycles. The molecular weight excluding hydrogens is 226 g/mol. The van der Waals surface area contributed by atoms with E-state index in [1.807, 2.05) is 4.90 Å². The summed E-state index contributed by atoms with van der Waals surface area (Å²) in [6, 6.07) is 0.138. The first kappa shape index (κ1) is 15.4. The standard InChI is InChI=1S/C14H29N3O/c1-3-12(4-2)11-16-13(10-15)9-14(18)17-7-5-6-8-17/h12-13,16H,3-11,15H2,1-2H3. The van der Waals surface area contributed by atoms with Crippen molar-refractivity contribution in [1.29, 1.82) is 0 Å². The maximum absolute atomic E-state index is 12.0. The van der Waals surface area contributed by atoms with Crippen LogP contribution in [0.3, 0.4) is 0 Å². The summed E-state index contributed by atoms with van der Waals surface area (Å²) in [5.41, 5.74) is 5.76. The van der Waals surface area contributed by atoms with Gasteiger partial charge in [0.15, 0.2) is 0 Å². The summed E-state index contributed by atoms with van der Waals surface area (Å²) in [5.74, 6) is 0.959. The van der Waals surface area contributed by atoms with E-state index in [-0.39, 0.29) is 11.9 Å². The number of hydrogen-bond donors (Lipinski definition) is 2. The highest BCUT2D eigenvalue weighted by atomic mass is 16.2. The number of hydrogen-bond acceptors (Lipinski definition) is 3. The van der Waals surface area contributed by atoms with Gasteiger partial charge in [-0.05, 0) is 25.3 Å². The minimum Gasteiger partial charge on any atom is -0.343 e. The number of amides is 1. The van der Waals surface area contributed by atoms with Gasteiger partial charge in [0.05, 0.1) is 0 Å². The molecule has 1 aliphatic rings. The Labute approximate surface area is 111 Å². The third-order valence-corrected chi connectivity index (χ3v) is 4.01. The molecule has 1 heterocycles. The van der Waals surface area contributed by atoms with E-state index >= 15 is 0 Å². The SMILES string of the molecule is CCC(CC)CNC(CN)CC(=O)N1CCCC1. The number of nitrogens with two attached hydrogens (primary N) is 1. The molecule has 4 nitrogen and oxygen atoms in total. The van der Waals surface area contributed by atoms with Crippen LogP contribution in [0.15, 0.2) is 0 Å². The normalized spacial score (nSPS) is 17.4. The van der Waals surface area contributed by atoms with Crippen LogP contribution in [0.5, 0.6) is 0 Å². The van der Waals surface area contributed by atoms with Crippen molar-refractivity contribution in [2.75, 3.05) is 26.2 Å². The van der Waals surface area contributed by atoms with Gasteiger partial charge in [-0.3, -0.25) is 4.79 Å². The van der Waals surface area contributed by atoms with Gasteiger partial charge < -0.3 is 16.0 Å². The van der Waals surface area contributed by atoms with Crippen LogP contribution in [0, 0.1) is 5.92 Å². The molecule has 0 aromatic carbocycles. The molecule has 1 saturated heterocycles. The van der Waals surface area contributed by atoms with E-state index in [0.29, 0.717) is 18.9 Å². The van der Waals surface area contributed by atoms with Crippen molar-refractivity contribution in [3.05, 3.63) is 0 Å². The van der Waals surface area contributed by atoms with E-state index in [4.69, 9.17) is 5.73 Å². The Balaban J connectivity index is 2.29. The van der Waals surface area contributed by atoms with Gasteiger partial charge in [-0.1, -0.05) is 26.7 Å². The van der Waals surface area contributed by atoms with Crippen LogP contribution in [-0.2, 0) is 4.79 Å². The van der Waals surface area contributed by atoms with Crippen LogP contribution >= 0.6 is 0 Å². The first-order chi connectivity index (χ1) is 8.71. The first-order valence-corrected chi connectivity index (χ1v) is 7.42. The summed E-state index contributed by atoms with van der Waals surface area (Å²) in [4.78, 5) is 14.0. The van der Waals surface area contributed by atoms with Gasteiger partial charge in [-0.2, -0.15) is 0 Å². The average Bonchev–Trinajstić information content (AvgIpc) is 2.92. The molecule has 1 atom stereocenters. The highest BCUT2D eigenvalue weighted by molar-refractivity contribution is 5.77. The fraction of sp³-hybridized carbons (Fsp3) is 0.929. The van der Waals surface area contributed by atoms with Gasteiger partial charge in [0.2, 0.25) is 5.91 Å². The van der Waals surface area contributed by atoms with Crippen molar-refractivity contribution in [3.8, 4) is 0 Å². The zero-order chi connectivity index (χ0) is 13.4. The topological polar surface area (TPSA) is 58.4 Å². The number of nitrogens with zero attached hydrogens (tertiary/aromatic N) is 1. The predicted octanol–water partition coefficient (Wildman–Crippen LogP) is 1.35. The van der Waals surface area contributed by atoms with E-state index < -0.39 is 0 Å². The summed E-state index contributed by atoms with van der Waals surface area (Å²) < 4.78 is 0. The summed E-state index contributed by atoms with van der Waals surface area (Å²) in [6.07, 6.45) is 5.22. The molecule has 1 fully saturated rings. The summed E-state index contributed by atoms with van der Waals surface area (Å²) in [5, 5.41) is 3.45. The van der Waals surface area contributed by atoms with Crippen LogP contribution in [0.4, 0.5) is 0 Å². The molecule has 0 aromatic rings. The maximum Gasteiger partial charge on any atom is 0.224 e. The number of rotatable bonds is 8. The average molecular weight is 255 g/mol. The third-order valence-electron chi connectivity index (χ3n) is 4.01. The second kappa shape index (κ2) is 8.48. The van der Waals surface area contributed by atoms with E-state index in [2.05, 4.69) is 19.2 Å². The Morgan fingerprint density at radius 1 is 1.28 bits per heavy atom. The monoisotopic (exact) mass is 255 g/mol. The van der Waals surface area contributed by atoms with Gasteiger partial charge in [-0.25, -0.2) is 0 Å². The van der Waals surface area contributed by atoms with Crippen molar-refractivity contribution < 1.29 is 4.79 Å². The van der Waals surface area contributed by atoms with Gasteiger partial charge >= 0.3 is 0 Å². The van der Waals surface area contributed by atoms with Crippen molar-refractivity contribution in [2.24, 2.45) is 11.7 Å². The Morgan fingerprint density at radius 3 is 2.39 bits per heavy atom. The fourth-order valence-corrected chi connectivity index (χ4v) is 2.46. The molecule has 1 rings (SSSR count). The Bertz CT molecular complexity index is 235. The van der Waals surface area contributed by atoms with Crippen LogP contribution < -0.4 is 11.1 Å². The van der Waals surface area contributed by atoms with Crippen LogP contribution in [0.25, 0.3) is 0 Å². The van der Waals surface area contributed by atoms with Crippen LogP contribution in [0.2, 0.25) is 0 Å². The fourth-order valence-electron chi connectivity index (χ4n) is 2.46. The summed E-state index contributed by atoms with van der Waals surface area (Å²) in [7, 11) is 0. The number of nitrogens with one attached hydrogen (secondary N) is 1. The molecule has 1 aliphatic heterocycles. The molecule has 4 heteroatoms. The summed E-state index contributed by atoms with van der Waals surface area (Å²) in [6.45, 7) is 7.80. The van der Waals surface area contributed by atoms with Gasteiger partial charge in [-0.15, -0.1) is 0 Å². The molecule has 0 radical (unpaired) electrons. The van der Waals surface area contributed by atoms with Gasteiger partial charge in [0.25, 0.3) is 0 Å². The van der Waals surface area contributed by atoms with Gasteiger partial charge in [0, 0.05) is 32.1 Å². The molecule has 0 bridgehead atoms. The van der Waals surface area contributed by atoms with E-state index in [0.717, 1.165) is 32.5 Å². The molecule has 3 N–H and O–H groups in total. The van der Waals surface area contributed by atoms with Crippen LogP contribution in [-0.4, -0.2) is 43.0 Å². The van der Waals surface area contributed by atoms with Gasteiger partial charge in [0.1, 0.15) is 0 Å². The molecule has 0 spiro atoms. The molecule has 0 aromatic heterocycles.